The molecule has 3 N–H and O–H groups in total. The van der Waals surface area contributed by atoms with E-state index in [0.717, 1.165) is 0 Å². The maximum absolute atomic E-state index is 12.2. The minimum atomic E-state index is -3.98. The van der Waals surface area contributed by atoms with Gasteiger partial charge in [-0.05, 0) is 45.0 Å². The van der Waals surface area contributed by atoms with E-state index < -0.39 is 40.1 Å². The highest BCUT2D eigenvalue weighted by atomic mass is 35.5. The zero-order chi connectivity index (χ0) is 19.9. The number of nitrogens with one attached hydrogen (secondary N) is 3. The van der Waals surface area contributed by atoms with E-state index in [1.54, 1.807) is 6.92 Å². The number of halogens is 1. The van der Waals surface area contributed by atoms with Gasteiger partial charge in [0.2, 0.25) is 10.0 Å². The SMILES string of the molecule is CCNC(=O)NC(=O)[C@@H](C)OC(=O)[C@H](C)NS(=O)(=O)c1ccc(Cl)cc1. The van der Waals surface area contributed by atoms with Crippen LogP contribution < -0.4 is 15.4 Å². The number of ether oxygens (including phenoxy) is 1. The van der Waals surface area contributed by atoms with Crippen molar-refractivity contribution in [3.63, 3.8) is 0 Å². The maximum Gasteiger partial charge on any atom is 0.324 e. The molecule has 0 unspecified atom stereocenters. The van der Waals surface area contributed by atoms with Crippen LogP contribution in [0.5, 0.6) is 0 Å². The van der Waals surface area contributed by atoms with Gasteiger partial charge >= 0.3 is 12.0 Å². The van der Waals surface area contributed by atoms with Gasteiger partial charge < -0.3 is 10.1 Å². The zero-order valence-corrected chi connectivity index (χ0v) is 16.0. The quantitative estimate of drug-likeness (QED) is 0.574. The Morgan fingerprint density at radius 2 is 1.73 bits per heavy atom. The lowest BCUT2D eigenvalue weighted by molar-refractivity contribution is -0.155. The summed E-state index contributed by atoms with van der Waals surface area (Å²) in [7, 11) is -3.98. The van der Waals surface area contributed by atoms with Crippen molar-refractivity contribution in [2.45, 2.75) is 37.8 Å². The van der Waals surface area contributed by atoms with Crippen LogP contribution in [0.2, 0.25) is 5.02 Å². The van der Waals surface area contributed by atoms with E-state index in [1.165, 1.54) is 38.1 Å². The second-order valence-corrected chi connectivity index (χ2v) is 7.38. The molecule has 0 bridgehead atoms. The van der Waals surface area contributed by atoms with Gasteiger partial charge in [0.15, 0.2) is 6.10 Å². The highest BCUT2D eigenvalue weighted by Crippen LogP contribution is 2.14. The first kappa shape index (κ1) is 21.9. The monoisotopic (exact) mass is 405 g/mol. The summed E-state index contributed by atoms with van der Waals surface area (Å²) < 4.78 is 31.4. The number of hydrogen-bond acceptors (Lipinski definition) is 6. The molecule has 144 valence electrons. The highest BCUT2D eigenvalue weighted by Gasteiger charge is 2.26. The van der Waals surface area contributed by atoms with Gasteiger partial charge in [0.05, 0.1) is 4.90 Å². The summed E-state index contributed by atoms with van der Waals surface area (Å²) in [5, 5.41) is 4.70. The number of carbonyl (C=O) groups excluding carboxylic acids is 3. The summed E-state index contributed by atoms with van der Waals surface area (Å²) in [6.45, 7) is 4.51. The average molecular weight is 406 g/mol. The molecule has 9 nitrogen and oxygen atoms in total. The molecular formula is C15H20ClN3O6S. The van der Waals surface area contributed by atoms with Crippen LogP contribution in [0.15, 0.2) is 29.2 Å². The van der Waals surface area contributed by atoms with Crippen molar-refractivity contribution in [2.75, 3.05) is 6.54 Å². The molecule has 1 rings (SSSR count). The number of amides is 3. The van der Waals surface area contributed by atoms with Crippen molar-refractivity contribution in [1.82, 2.24) is 15.4 Å². The van der Waals surface area contributed by atoms with Gasteiger partial charge in [-0.25, -0.2) is 13.2 Å². The molecule has 3 amide bonds. The first-order valence-corrected chi connectivity index (χ1v) is 9.50. The van der Waals surface area contributed by atoms with E-state index in [4.69, 9.17) is 16.3 Å². The van der Waals surface area contributed by atoms with Gasteiger partial charge in [-0.2, -0.15) is 4.72 Å². The molecule has 26 heavy (non-hydrogen) atoms. The summed E-state index contributed by atoms with van der Waals surface area (Å²) in [4.78, 5) is 34.9. The Balaban J connectivity index is 2.65. The topological polar surface area (TPSA) is 131 Å². The van der Waals surface area contributed by atoms with E-state index in [1.807, 2.05) is 5.32 Å². The molecule has 0 aliphatic rings. The molecule has 0 saturated heterocycles. The Hall–Kier alpha value is -2.17. The third-order valence-electron chi connectivity index (χ3n) is 3.05. The number of urea groups is 1. The van der Waals surface area contributed by atoms with E-state index in [2.05, 4.69) is 10.0 Å². The summed E-state index contributed by atoms with van der Waals surface area (Å²) in [6, 6.07) is 3.38. The number of esters is 1. The van der Waals surface area contributed by atoms with Crippen LogP contribution >= 0.6 is 11.6 Å². The molecular weight excluding hydrogens is 386 g/mol. The fraction of sp³-hybridized carbons (Fsp3) is 0.400. The maximum atomic E-state index is 12.2. The summed E-state index contributed by atoms with van der Waals surface area (Å²) >= 11 is 5.70. The van der Waals surface area contributed by atoms with Gasteiger partial charge in [-0.1, -0.05) is 11.6 Å². The van der Waals surface area contributed by atoms with Crippen molar-refractivity contribution in [1.29, 1.82) is 0 Å². The highest BCUT2D eigenvalue weighted by molar-refractivity contribution is 7.89. The van der Waals surface area contributed by atoms with E-state index in [-0.39, 0.29) is 4.90 Å². The average Bonchev–Trinajstić information content (AvgIpc) is 2.54. The lowest BCUT2D eigenvalue weighted by Gasteiger charge is -2.17. The summed E-state index contributed by atoms with van der Waals surface area (Å²) in [5.74, 6) is -1.81. The smallest absolute Gasteiger partial charge is 0.324 e. The van der Waals surface area contributed by atoms with Crippen LogP contribution in [0.1, 0.15) is 20.8 Å². The normalized spacial score (nSPS) is 13.4. The molecule has 0 spiro atoms. The van der Waals surface area contributed by atoms with Crippen molar-refractivity contribution in [2.24, 2.45) is 0 Å². The predicted octanol–water partition coefficient (Wildman–Crippen LogP) is 0.784. The van der Waals surface area contributed by atoms with Gasteiger partial charge in [-0.15, -0.1) is 0 Å². The van der Waals surface area contributed by atoms with Crippen LogP contribution in [0.25, 0.3) is 0 Å². The van der Waals surface area contributed by atoms with Crippen LogP contribution in [-0.2, 0) is 24.3 Å². The molecule has 0 aliphatic heterocycles. The third kappa shape index (κ3) is 6.62. The first-order valence-electron chi connectivity index (χ1n) is 7.64. The largest absolute Gasteiger partial charge is 0.451 e. The molecule has 0 aromatic heterocycles. The van der Waals surface area contributed by atoms with Crippen LogP contribution in [-0.4, -0.2) is 45.0 Å². The Bertz CT molecular complexity index is 766. The van der Waals surface area contributed by atoms with Crippen molar-refractivity contribution in [3.05, 3.63) is 29.3 Å². The van der Waals surface area contributed by atoms with Gasteiger partial charge in [0.25, 0.3) is 5.91 Å². The molecule has 0 aliphatic carbocycles. The summed E-state index contributed by atoms with van der Waals surface area (Å²) in [5.41, 5.74) is 0. The zero-order valence-electron chi connectivity index (χ0n) is 14.4. The first-order chi connectivity index (χ1) is 12.1. The lowest BCUT2D eigenvalue weighted by Crippen LogP contribution is -2.46. The third-order valence-corrected chi connectivity index (χ3v) is 4.85. The molecule has 0 heterocycles. The summed E-state index contributed by atoms with van der Waals surface area (Å²) in [6.07, 6.45) is -1.28. The van der Waals surface area contributed by atoms with E-state index in [0.29, 0.717) is 11.6 Å². The van der Waals surface area contributed by atoms with Gasteiger partial charge in [-0.3, -0.25) is 14.9 Å². The minimum absolute atomic E-state index is 0.0800. The predicted molar refractivity (Wildman–Crippen MR) is 94.0 cm³/mol. The minimum Gasteiger partial charge on any atom is -0.451 e. The Morgan fingerprint density at radius 3 is 2.27 bits per heavy atom. The van der Waals surface area contributed by atoms with Crippen molar-refractivity contribution < 1.29 is 27.5 Å². The number of hydrogen-bond donors (Lipinski definition) is 3. The molecule has 0 radical (unpaired) electrons. The van der Waals surface area contributed by atoms with Gasteiger partial charge in [0.1, 0.15) is 6.04 Å². The fourth-order valence-electron chi connectivity index (χ4n) is 1.71. The van der Waals surface area contributed by atoms with Crippen molar-refractivity contribution >= 4 is 39.5 Å². The molecule has 0 fully saturated rings. The van der Waals surface area contributed by atoms with Crippen molar-refractivity contribution in [3.8, 4) is 0 Å². The Morgan fingerprint density at radius 1 is 1.15 bits per heavy atom. The lowest BCUT2D eigenvalue weighted by atomic mass is 10.3. The van der Waals surface area contributed by atoms with Gasteiger partial charge in [0, 0.05) is 11.6 Å². The van der Waals surface area contributed by atoms with Crippen LogP contribution in [0.4, 0.5) is 4.79 Å². The second-order valence-electron chi connectivity index (χ2n) is 5.22. The Labute approximate surface area is 156 Å². The molecule has 1 aromatic carbocycles. The standard InChI is InChI=1S/C15H20ClN3O6S/c1-4-17-15(22)18-13(20)10(3)25-14(21)9(2)19-26(23,24)12-7-5-11(16)6-8-12/h5-10,19H,4H2,1-3H3,(H2,17,18,20,22)/t9-,10+/m0/s1. The fourth-order valence-corrected chi connectivity index (χ4v) is 3.03. The molecule has 11 heteroatoms. The second kappa shape index (κ2) is 9.51. The number of benzene rings is 1. The number of rotatable bonds is 7. The molecule has 2 atom stereocenters. The number of imide groups is 1. The number of sulfonamides is 1. The van der Waals surface area contributed by atoms with Crippen LogP contribution in [0.3, 0.4) is 0 Å². The van der Waals surface area contributed by atoms with E-state index in [9.17, 15) is 22.8 Å². The molecule has 0 saturated carbocycles. The number of carbonyl (C=O) groups is 3. The van der Waals surface area contributed by atoms with Crippen LogP contribution in [0, 0.1) is 0 Å². The van der Waals surface area contributed by atoms with E-state index >= 15 is 0 Å². The molecule has 1 aromatic rings. The Kier molecular flexibility index (Phi) is 8.00.